The number of benzene rings is 2. The number of carbonyl (C=O) groups is 2. The number of hydrogen-bond donors (Lipinski definition) is 2. The van der Waals surface area contributed by atoms with Crippen LogP contribution in [0.1, 0.15) is 5.56 Å². The Labute approximate surface area is 143 Å². The normalized spacial score (nSPS) is 10.0. The van der Waals surface area contributed by atoms with Crippen molar-refractivity contribution in [2.75, 3.05) is 6.61 Å². The molecule has 3 amide bonds. The molecule has 0 radical (unpaired) electrons. The fourth-order valence-corrected chi connectivity index (χ4v) is 2.25. The molecule has 23 heavy (non-hydrogen) atoms. The standard InChI is InChI=1S/C16H14Cl2N2O3/c17-12-6-13(18)8-14(7-12)23-10-15(21)20-16(22)19-9-11-4-2-1-3-5-11/h1-8H,9-10H2,(H2,19,20,21,22). The lowest BCUT2D eigenvalue weighted by Crippen LogP contribution is -2.41. The molecule has 120 valence electrons. The molecule has 0 atom stereocenters. The van der Waals surface area contributed by atoms with Gasteiger partial charge in [-0.05, 0) is 23.8 Å². The van der Waals surface area contributed by atoms with Gasteiger partial charge in [-0.25, -0.2) is 4.79 Å². The molecular formula is C16H14Cl2N2O3. The summed E-state index contributed by atoms with van der Waals surface area (Å²) in [4.78, 5) is 23.3. The van der Waals surface area contributed by atoms with Crippen molar-refractivity contribution in [3.63, 3.8) is 0 Å². The zero-order valence-corrected chi connectivity index (χ0v) is 13.5. The molecule has 2 N–H and O–H groups in total. The van der Waals surface area contributed by atoms with Crippen LogP contribution in [0.25, 0.3) is 0 Å². The molecule has 0 unspecified atom stereocenters. The van der Waals surface area contributed by atoms with Gasteiger partial charge in [0.25, 0.3) is 5.91 Å². The van der Waals surface area contributed by atoms with E-state index >= 15 is 0 Å². The van der Waals surface area contributed by atoms with Crippen LogP contribution in [0, 0.1) is 0 Å². The Hall–Kier alpha value is -2.24. The highest BCUT2D eigenvalue weighted by Crippen LogP contribution is 2.23. The van der Waals surface area contributed by atoms with Gasteiger partial charge in [0, 0.05) is 16.6 Å². The first-order valence-electron chi connectivity index (χ1n) is 6.73. The molecule has 0 heterocycles. The molecule has 0 bridgehead atoms. The predicted molar refractivity (Wildman–Crippen MR) is 88.8 cm³/mol. The van der Waals surface area contributed by atoms with Crippen molar-refractivity contribution in [1.82, 2.24) is 10.6 Å². The van der Waals surface area contributed by atoms with Crippen molar-refractivity contribution >= 4 is 35.1 Å². The summed E-state index contributed by atoms with van der Waals surface area (Å²) in [6.45, 7) is 0.000139. The van der Waals surface area contributed by atoms with E-state index in [9.17, 15) is 9.59 Å². The molecule has 0 spiro atoms. The zero-order valence-electron chi connectivity index (χ0n) is 12.0. The lowest BCUT2D eigenvalue weighted by Gasteiger charge is -2.09. The van der Waals surface area contributed by atoms with E-state index in [1.807, 2.05) is 30.3 Å². The molecule has 0 fully saturated rings. The van der Waals surface area contributed by atoms with Gasteiger partial charge in [-0.2, -0.15) is 0 Å². The Balaban J connectivity index is 1.74. The number of urea groups is 1. The van der Waals surface area contributed by atoms with E-state index < -0.39 is 11.9 Å². The van der Waals surface area contributed by atoms with Gasteiger partial charge in [-0.15, -0.1) is 0 Å². The second-order valence-electron chi connectivity index (χ2n) is 4.61. The summed E-state index contributed by atoms with van der Waals surface area (Å²) in [6, 6.07) is 13.4. The number of ether oxygens (including phenoxy) is 1. The van der Waals surface area contributed by atoms with Gasteiger partial charge in [-0.3, -0.25) is 10.1 Å². The zero-order chi connectivity index (χ0) is 16.7. The van der Waals surface area contributed by atoms with Crippen molar-refractivity contribution in [1.29, 1.82) is 0 Å². The van der Waals surface area contributed by atoms with Gasteiger partial charge in [0.15, 0.2) is 6.61 Å². The quantitative estimate of drug-likeness (QED) is 0.866. The van der Waals surface area contributed by atoms with Crippen LogP contribution in [-0.2, 0) is 11.3 Å². The van der Waals surface area contributed by atoms with Crippen LogP contribution in [0.2, 0.25) is 10.0 Å². The monoisotopic (exact) mass is 352 g/mol. The first-order chi connectivity index (χ1) is 11.0. The van der Waals surface area contributed by atoms with Gasteiger partial charge in [-0.1, -0.05) is 53.5 Å². The summed E-state index contributed by atoms with van der Waals surface area (Å²) >= 11 is 11.6. The average molecular weight is 353 g/mol. The molecule has 0 saturated heterocycles. The van der Waals surface area contributed by atoms with Gasteiger partial charge in [0.2, 0.25) is 0 Å². The summed E-state index contributed by atoms with van der Waals surface area (Å²) in [5, 5.41) is 5.54. The summed E-state index contributed by atoms with van der Waals surface area (Å²) in [5.41, 5.74) is 0.930. The van der Waals surface area contributed by atoms with Crippen LogP contribution in [0.4, 0.5) is 4.79 Å². The lowest BCUT2D eigenvalue weighted by atomic mass is 10.2. The molecule has 0 aliphatic carbocycles. The maximum Gasteiger partial charge on any atom is 0.321 e. The SMILES string of the molecule is O=C(COc1cc(Cl)cc(Cl)c1)NC(=O)NCc1ccccc1. The second kappa shape index (κ2) is 8.41. The van der Waals surface area contributed by atoms with Crippen LogP contribution < -0.4 is 15.4 Å². The molecule has 0 aromatic heterocycles. The van der Waals surface area contributed by atoms with E-state index in [-0.39, 0.29) is 6.61 Å². The fraction of sp³-hybridized carbons (Fsp3) is 0.125. The van der Waals surface area contributed by atoms with Gasteiger partial charge >= 0.3 is 6.03 Å². The minimum absolute atomic E-state index is 0.324. The number of carbonyl (C=O) groups excluding carboxylic acids is 2. The highest BCUT2D eigenvalue weighted by atomic mass is 35.5. The van der Waals surface area contributed by atoms with Crippen molar-refractivity contribution in [2.24, 2.45) is 0 Å². The Kier molecular flexibility index (Phi) is 6.26. The molecule has 2 aromatic carbocycles. The van der Waals surface area contributed by atoms with Gasteiger partial charge < -0.3 is 10.1 Å². The van der Waals surface area contributed by atoms with Crippen LogP contribution in [0.15, 0.2) is 48.5 Å². The molecule has 2 aromatic rings. The molecule has 5 nitrogen and oxygen atoms in total. The highest BCUT2D eigenvalue weighted by molar-refractivity contribution is 6.34. The minimum Gasteiger partial charge on any atom is -0.484 e. The summed E-state index contributed by atoms with van der Waals surface area (Å²) in [6.07, 6.45) is 0. The lowest BCUT2D eigenvalue weighted by molar-refractivity contribution is -0.122. The van der Waals surface area contributed by atoms with Crippen LogP contribution in [0.3, 0.4) is 0 Å². The van der Waals surface area contributed by atoms with Gasteiger partial charge in [0.05, 0.1) is 0 Å². The Morgan fingerprint density at radius 2 is 1.65 bits per heavy atom. The van der Waals surface area contributed by atoms with E-state index in [2.05, 4.69) is 10.6 Å². The third-order valence-electron chi connectivity index (χ3n) is 2.75. The highest BCUT2D eigenvalue weighted by Gasteiger charge is 2.09. The Bertz CT molecular complexity index is 673. The number of halogens is 2. The maximum absolute atomic E-state index is 11.6. The molecule has 0 saturated carbocycles. The molecular weight excluding hydrogens is 339 g/mol. The molecule has 7 heteroatoms. The minimum atomic E-state index is -0.591. The first-order valence-corrected chi connectivity index (χ1v) is 7.49. The van der Waals surface area contributed by atoms with Crippen molar-refractivity contribution in [3.8, 4) is 5.75 Å². The Morgan fingerprint density at radius 1 is 1.00 bits per heavy atom. The van der Waals surface area contributed by atoms with Gasteiger partial charge in [0.1, 0.15) is 5.75 Å². The first kappa shape index (κ1) is 17.1. The number of nitrogens with one attached hydrogen (secondary N) is 2. The average Bonchev–Trinajstić information content (AvgIpc) is 2.51. The Morgan fingerprint density at radius 3 is 2.30 bits per heavy atom. The summed E-state index contributed by atoms with van der Waals surface area (Å²) in [7, 11) is 0. The van der Waals surface area contributed by atoms with E-state index in [0.29, 0.717) is 22.3 Å². The number of hydrogen-bond acceptors (Lipinski definition) is 3. The third kappa shape index (κ3) is 6.18. The maximum atomic E-state index is 11.6. The number of amides is 3. The fourth-order valence-electron chi connectivity index (χ4n) is 1.75. The third-order valence-corrected chi connectivity index (χ3v) is 3.19. The van der Waals surface area contributed by atoms with E-state index in [0.717, 1.165) is 5.56 Å². The number of imide groups is 1. The van der Waals surface area contributed by atoms with Crippen molar-refractivity contribution in [2.45, 2.75) is 6.54 Å². The molecule has 0 aliphatic heterocycles. The summed E-state index contributed by atoms with van der Waals surface area (Å²) in [5.74, 6) is -0.228. The largest absolute Gasteiger partial charge is 0.484 e. The van der Waals surface area contributed by atoms with E-state index in [1.54, 1.807) is 6.07 Å². The second-order valence-corrected chi connectivity index (χ2v) is 5.48. The topological polar surface area (TPSA) is 67.4 Å². The van der Waals surface area contributed by atoms with Crippen LogP contribution in [-0.4, -0.2) is 18.5 Å². The summed E-state index contributed by atoms with van der Waals surface area (Å²) < 4.78 is 5.23. The molecule has 0 aliphatic rings. The van der Waals surface area contributed by atoms with E-state index in [4.69, 9.17) is 27.9 Å². The smallest absolute Gasteiger partial charge is 0.321 e. The van der Waals surface area contributed by atoms with Crippen molar-refractivity contribution < 1.29 is 14.3 Å². The van der Waals surface area contributed by atoms with Crippen molar-refractivity contribution in [3.05, 3.63) is 64.1 Å². The molecule has 2 rings (SSSR count). The number of rotatable bonds is 5. The van der Waals surface area contributed by atoms with Crippen LogP contribution >= 0.6 is 23.2 Å². The van der Waals surface area contributed by atoms with Crippen LogP contribution in [0.5, 0.6) is 5.75 Å². The van der Waals surface area contributed by atoms with E-state index in [1.165, 1.54) is 12.1 Å². The predicted octanol–water partition coefficient (Wildman–Crippen LogP) is 3.40.